The maximum atomic E-state index is 12.4. The fourth-order valence-corrected chi connectivity index (χ4v) is 3.18. The van der Waals surface area contributed by atoms with E-state index in [1.54, 1.807) is 17.2 Å². The van der Waals surface area contributed by atoms with Crippen molar-refractivity contribution in [2.75, 3.05) is 31.1 Å². The number of halogens is 2. The fraction of sp³-hybridized carbons (Fsp3) is 0.625. The summed E-state index contributed by atoms with van der Waals surface area (Å²) < 4.78 is 1.74. The molecule has 0 saturated carbocycles. The first-order valence-electron chi connectivity index (χ1n) is 8.39. The summed E-state index contributed by atoms with van der Waals surface area (Å²) in [7, 11) is 1.87. The van der Waals surface area contributed by atoms with Crippen LogP contribution < -0.4 is 10.6 Å². The molecule has 1 fully saturated rings. The largest absolute Gasteiger partial charge is 0.352 e. The number of anilines is 1. The SMILES string of the molecule is CC(C)C[C@H](N)C(=O)N1CCN(c2ncnc3c2cnn3C)CC1.Cl.Cl. The van der Waals surface area contributed by atoms with Crippen LogP contribution in [0.15, 0.2) is 12.5 Å². The molecular formula is C16H27Cl2N7O. The van der Waals surface area contributed by atoms with Crippen LogP contribution in [0.2, 0.25) is 0 Å². The van der Waals surface area contributed by atoms with Crippen LogP contribution in [0.1, 0.15) is 20.3 Å². The molecule has 0 unspecified atom stereocenters. The van der Waals surface area contributed by atoms with E-state index in [9.17, 15) is 4.79 Å². The zero-order chi connectivity index (χ0) is 17.3. The molecule has 1 amide bonds. The van der Waals surface area contributed by atoms with Crippen LogP contribution in [-0.2, 0) is 11.8 Å². The highest BCUT2D eigenvalue weighted by atomic mass is 35.5. The minimum absolute atomic E-state index is 0. The van der Waals surface area contributed by atoms with E-state index in [1.165, 1.54) is 0 Å². The van der Waals surface area contributed by atoms with Gasteiger partial charge in [-0.1, -0.05) is 13.8 Å². The number of aromatic nitrogens is 4. The summed E-state index contributed by atoms with van der Waals surface area (Å²) >= 11 is 0. The van der Waals surface area contributed by atoms with Crippen molar-refractivity contribution in [1.29, 1.82) is 0 Å². The van der Waals surface area contributed by atoms with E-state index in [2.05, 4.69) is 33.8 Å². The van der Waals surface area contributed by atoms with Crippen LogP contribution in [-0.4, -0.2) is 62.8 Å². The van der Waals surface area contributed by atoms with Crippen molar-refractivity contribution in [2.24, 2.45) is 18.7 Å². The number of aryl methyl sites for hydroxylation is 1. The first-order valence-corrected chi connectivity index (χ1v) is 8.39. The average Bonchev–Trinajstić information content (AvgIpc) is 2.95. The number of rotatable bonds is 4. The zero-order valence-corrected chi connectivity index (χ0v) is 17.0. The molecule has 0 bridgehead atoms. The third-order valence-electron chi connectivity index (χ3n) is 4.44. The van der Waals surface area contributed by atoms with Crippen molar-refractivity contribution >= 4 is 47.6 Å². The summed E-state index contributed by atoms with van der Waals surface area (Å²) in [6.45, 7) is 6.97. The van der Waals surface area contributed by atoms with E-state index in [0.29, 0.717) is 19.0 Å². The van der Waals surface area contributed by atoms with Crippen molar-refractivity contribution in [1.82, 2.24) is 24.6 Å². The van der Waals surface area contributed by atoms with Gasteiger partial charge in [-0.05, 0) is 12.3 Å². The van der Waals surface area contributed by atoms with Gasteiger partial charge in [0.2, 0.25) is 5.91 Å². The molecule has 8 nitrogen and oxygen atoms in total. The molecule has 0 aromatic carbocycles. The van der Waals surface area contributed by atoms with E-state index in [-0.39, 0.29) is 30.7 Å². The Bertz CT molecular complexity index is 728. The second-order valence-electron chi connectivity index (χ2n) is 6.75. The van der Waals surface area contributed by atoms with E-state index in [1.807, 2.05) is 11.9 Å². The molecule has 10 heteroatoms. The number of fused-ring (bicyclic) bond motifs is 1. The monoisotopic (exact) mass is 403 g/mol. The highest BCUT2D eigenvalue weighted by Crippen LogP contribution is 2.23. The average molecular weight is 404 g/mol. The first kappa shape index (κ1) is 22.4. The van der Waals surface area contributed by atoms with Crippen LogP contribution in [0, 0.1) is 5.92 Å². The standard InChI is InChI=1S/C16H25N7O.2ClH/c1-11(2)8-13(17)16(24)23-6-4-22(5-7-23)15-12-9-20-21(3)14(12)18-10-19-15;;/h9-11,13H,4-8,17H2,1-3H3;2*1H/t13-;;/m0../s1. The fourth-order valence-electron chi connectivity index (χ4n) is 3.18. The molecule has 2 aromatic rings. The molecule has 3 rings (SSSR count). The van der Waals surface area contributed by atoms with Gasteiger partial charge in [0, 0.05) is 33.2 Å². The second kappa shape index (κ2) is 9.34. The number of amides is 1. The number of hydrogen-bond acceptors (Lipinski definition) is 6. The van der Waals surface area contributed by atoms with Gasteiger partial charge in [0.15, 0.2) is 5.65 Å². The predicted octanol–water partition coefficient (Wildman–Crippen LogP) is 1.23. The molecule has 1 aliphatic heterocycles. The highest BCUT2D eigenvalue weighted by molar-refractivity contribution is 5.87. The Morgan fingerprint density at radius 3 is 2.46 bits per heavy atom. The normalized spacial score (nSPS) is 15.6. The number of nitrogens with two attached hydrogens (primary N) is 1. The molecule has 2 N–H and O–H groups in total. The quantitative estimate of drug-likeness (QED) is 0.824. The smallest absolute Gasteiger partial charge is 0.239 e. The molecule has 146 valence electrons. The Morgan fingerprint density at radius 1 is 1.19 bits per heavy atom. The van der Waals surface area contributed by atoms with Crippen molar-refractivity contribution in [3.05, 3.63) is 12.5 Å². The van der Waals surface area contributed by atoms with Crippen LogP contribution in [0.5, 0.6) is 0 Å². The Kier molecular flexibility index (Phi) is 8.05. The minimum atomic E-state index is -0.402. The maximum Gasteiger partial charge on any atom is 0.239 e. The molecular weight excluding hydrogens is 377 g/mol. The van der Waals surface area contributed by atoms with Crippen LogP contribution in [0.4, 0.5) is 5.82 Å². The zero-order valence-electron chi connectivity index (χ0n) is 15.3. The maximum absolute atomic E-state index is 12.4. The molecule has 2 aromatic heterocycles. The first-order chi connectivity index (χ1) is 11.5. The van der Waals surface area contributed by atoms with E-state index in [0.717, 1.165) is 36.4 Å². The third-order valence-corrected chi connectivity index (χ3v) is 4.44. The van der Waals surface area contributed by atoms with Gasteiger partial charge in [0.1, 0.15) is 12.1 Å². The van der Waals surface area contributed by atoms with E-state index >= 15 is 0 Å². The minimum Gasteiger partial charge on any atom is -0.352 e. The summed E-state index contributed by atoms with van der Waals surface area (Å²) in [6.07, 6.45) is 4.08. The summed E-state index contributed by atoms with van der Waals surface area (Å²) in [5.74, 6) is 1.36. The van der Waals surface area contributed by atoms with Crippen molar-refractivity contribution in [3.63, 3.8) is 0 Å². The second-order valence-corrected chi connectivity index (χ2v) is 6.75. The molecule has 26 heavy (non-hydrogen) atoms. The van der Waals surface area contributed by atoms with E-state index in [4.69, 9.17) is 5.73 Å². The molecule has 1 atom stereocenters. The predicted molar refractivity (Wildman–Crippen MR) is 107 cm³/mol. The molecule has 1 aliphatic rings. The summed E-state index contributed by atoms with van der Waals surface area (Å²) in [4.78, 5) is 25.2. The van der Waals surface area contributed by atoms with Gasteiger partial charge in [0.05, 0.1) is 17.6 Å². The topological polar surface area (TPSA) is 93.2 Å². The summed E-state index contributed by atoms with van der Waals surface area (Å²) in [5.41, 5.74) is 6.85. The van der Waals surface area contributed by atoms with Gasteiger partial charge in [-0.2, -0.15) is 5.10 Å². The van der Waals surface area contributed by atoms with Crippen LogP contribution in [0.25, 0.3) is 11.0 Å². The van der Waals surface area contributed by atoms with Crippen LogP contribution in [0.3, 0.4) is 0 Å². The van der Waals surface area contributed by atoms with Gasteiger partial charge < -0.3 is 15.5 Å². The Hall–Kier alpha value is -1.64. The number of carbonyl (C=O) groups is 1. The summed E-state index contributed by atoms with van der Waals surface area (Å²) in [5, 5.41) is 5.19. The molecule has 0 aliphatic carbocycles. The lowest BCUT2D eigenvalue weighted by atomic mass is 10.0. The lowest BCUT2D eigenvalue weighted by Gasteiger charge is -2.36. The van der Waals surface area contributed by atoms with Gasteiger partial charge in [-0.25, -0.2) is 9.97 Å². The number of hydrogen-bond donors (Lipinski definition) is 1. The lowest BCUT2D eigenvalue weighted by molar-refractivity contribution is -0.133. The Morgan fingerprint density at radius 2 is 1.85 bits per heavy atom. The Balaban J connectivity index is 0.00000169. The molecule has 3 heterocycles. The summed E-state index contributed by atoms with van der Waals surface area (Å²) in [6, 6.07) is -0.402. The number of piperazine rings is 1. The van der Waals surface area contributed by atoms with Gasteiger partial charge in [-0.3, -0.25) is 9.48 Å². The van der Waals surface area contributed by atoms with Crippen LogP contribution >= 0.6 is 24.8 Å². The van der Waals surface area contributed by atoms with Gasteiger partial charge in [-0.15, -0.1) is 24.8 Å². The van der Waals surface area contributed by atoms with Gasteiger partial charge >= 0.3 is 0 Å². The highest BCUT2D eigenvalue weighted by Gasteiger charge is 2.27. The number of nitrogens with zero attached hydrogens (tertiary/aromatic N) is 6. The Labute approximate surface area is 165 Å². The van der Waals surface area contributed by atoms with Crippen molar-refractivity contribution in [2.45, 2.75) is 26.3 Å². The number of carbonyl (C=O) groups excluding carboxylic acids is 1. The van der Waals surface area contributed by atoms with Gasteiger partial charge in [0.25, 0.3) is 0 Å². The molecule has 0 radical (unpaired) electrons. The van der Waals surface area contributed by atoms with Crippen molar-refractivity contribution < 1.29 is 4.79 Å². The lowest BCUT2D eigenvalue weighted by Crippen LogP contribution is -2.53. The molecule has 1 saturated heterocycles. The third kappa shape index (κ3) is 4.55. The van der Waals surface area contributed by atoms with E-state index < -0.39 is 6.04 Å². The van der Waals surface area contributed by atoms with Crippen molar-refractivity contribution in [3.8, 4) is 0 Å². The molecule has 0 spiro atoms.